The average Bonchev–Trinajstić information content (AvgIpc) is 2.85. The third-order valence-electron chi connectivity index (χ3n) is 6.14. The van der Waals surface area contributed by atoms with E-state index in [9.17, 15) is 9.59 Å². The van der Waals surface area contributed by atoms with E-state index in [2.05, 4.69) is 39.1 Å². The van der Waals surface area contributed by atoms with E-state index >= 15 is 0 Å². The maximum atomic E-state index is 12.7. The first-order valence-corrected chi connectivity index (χ1v) is 11.3. The van der Waals surface area contributed by atoms with Gasteiger partial charge in [0.05, 0.1) is 16.9 Å². The molecule has 1 fully saturated rings. The Kier molecular flexibility index (Phi) is 7.10. The second kappa shape index (κ2) is 10.4. The number of amides is 2. The lowest BCUT2D eigenvalue weighted by Gasteiger charge is -2.28. The van der Waals surface area contributed by atoms with Crippen molar-refractivity contribution in [2.75, 3.05) is 32.0 Å². The molecule has 3 heterocycles. The van der Waals surface area contributed by atoms with E-state index in [0.717, 1.165) is 36.0 Å². The summed E-state index contributed by atoms with van der Waals surface area (Å²) in [6.07, 6.45) is 6.25. The first-order chi connectivity index (χ1) is 16.0. The molecule has 0 radical (unpaired) electrons. The Morgan fingerprint density at radius 1 is 1.18 bits per heavy atom. The quantitative estimate of drug-likeness (QED) is 0.541. The smallest absolute Gasteiger partial charge is 0.269 e. The van der Waals surface area contributed by atoms with Gasteiger partial charge in [-0.1, -0.05) is 18.7 Å². The van der Waals surface area contributed by atoms with Crippen LogP contribution in [0.4, 0.5) is 5.69 Å². The first kappa shape index (κ1) is 22.6. The molecule has 0 bridgehead atoms. The summed E-state index contributed by atoms with van der Waals surface area (Å²) >= 11 is 0. The minimum absolute atomic E-state index is 0.161. The van der Waals surface area contributed by atoms with E-state index < -0.39 is 0 Å². The predicted molar refractivity (Wildman–Crippen MR) is 131 cm³/mol. The maximum Gasteiger partial charge on any atom is 0.269 e. The van der Waals surface area contributed by atoms with Crippen molar-refractivity contribution < 1.29 is 9.59 Å². The summed E-state index contributed by atoms with van der Waals surface area (Å²) in [6, 6.07) is 12.9. The third-order valence-corrected chi connectivity index (χ3v) is 6.14. The normalized spacial score (nSPS) is 14.7. The highest BCUT2D eigenvalue weighted by Crippen LogP contribution is 2.27. The molecule has 0 unspecified atom stereocenters. The number of carbonyl (C=O) groups is 2. The van der Waals surface area contributed by atoms with Crippen LogP contribution in [0.2, 0.25) is 0 Å². The van der Waals surface area contributed by atoms with Crippen molar-refractivity contribution in [1.82, 2.24) is 20.2 Å². The van der Waals surface area contributed by atoms with Crippen molar-refractivity contribution in [2.45, 2.75) is 19.3 Å². The molecule has 2 aromatic heterocycles. The zero-order valence-electron chi connectivity index (χ0n) is 18.9. The van der Waals surface area contributed by atoms with Crippen LogP contribution in [0.1, 0.15) is 29.8 Å². The van der Waals surface area contributed by atoms with Gasteiger partial charge in [0.1, 0.15) is 5.69 Å². The number of hydrogen-bond acceptors (Lipinski definition) is 5. The van der Waals surface area contributed by atoms with Gasteiger partial charge in [0, 0.05) is 23.7 Å². The predicted octanol–water partition coefficient (Wildman–Crippen LogP) is 3.88. The van der Waals surface area contributed by atoms with Gasteiger partial charge in [0.2, 0.25) is 5.91 Å². The lowest BCUT2D eigenvalue weighted by atomic mass is 9.94. The Labute approximate surface area is 193 Å². The number of carbonyl (C=O) groups excluding carboxylic acids is 2. The molecule has 1 saturated heterocycles. The summed E-state index contributed by atoms with van der Waals surface area (Å²) in [5, 5.41) is 6.62. The maximum absolute atomic E-state index is 12.7. The highest BCUT2D eigenvalue weighted by molar-refractivity contribution is 6.05. The number of pyridine rings is 2. The Morgan fingerprint density at radius 2 is 2.00 bits per heavy atom. The molecule has 0 aliphatic carbocycles. The summed E-state index contributed by atoms with van der Waals surface area (Å²) < 4.78 is 0. The van der Waals surface area contributed by atoms with Crippen LogP contribution in [0.15, 0.2) is 61.3 Å². The van der Waals surface area contributed by atoms with Gasteiger partial charge < -0.3 is 15.5 Å². The number of nitrogens with zero attached hydrogens (tertiary/aromatic N) is 3. The number of aromatic nitrogens is 2. The number of anilines is 1. The Bertz CT molecular complexity index is 1170. The Hall–Kier alpha value is -3.58. The SMILES string of the molecule is C=CC(=O)Nc1ccnc2ccc(-c3cccc(C(=O)NCCC4CCN(C)CC4)n3)cc12. The standard InChI is InChI=1S/C26H29N5O2/c1-3-25(32)30-23-10-14-27-22-8-7-19(17-20(22)23)21-5-4-6-24(29-21)26(33)28-13-9-18-11-15-31(2)16-12-18/h3-8,10,14,17-18H,1,9,11-13,15-16H2,2H3,(H,28,33)(H,27,30,32). The van der Waals surface area contributed by atoms with E-state index in [1.807, 2.05) is 30.3 Å². The fourth-order valence-electron chi connectivity index (χ4n) is 4.15. The molecule has 4 rings (SSSR count). The molecule has 2 amide bonds. The third kappa shape index (κ3) is 5.62. The van der Waals surface area contributed by atoms with Crippen LogP contribution in [0, 0.1) is 5.92 Å². The summed E-state index contributed by atoms with van der Waals surface area (Å²) in [7, 11) is 2.15. The molecule has 7 nitrogen and oxygen atoms in total. The summed E-state index contributed by atoms with van der Waals surface area (Å²) in [6.45, 7) is 6.42. The zero-order valence-corrected chi connectivity index (χ0v) is 18.9. The number of hydrogen-bond donors (Lipinski definition) is 2. The van der Waals surface area contributed by atoms with E-state index in [0.29, 0.717) is 29.5 Å². The van der Waals surface area contributed by atoms with Crippen molar-refractivity contribution in [3.05, 3.63) is 67.0 Å². The second-order valence-corrected chi connectivity index (χ2v) is 8.48. The molecule has 170 valence electrons. The van der Waals surface area contributed by atoms with Crippen LogP contribution < -0.4 is 10.6 Å². The van der Waals surface area contributed by atoms with Crippen LogP contribution in [-0.4, -0.2) is 53.4 Å². The topological polar surface area (TPSA) is 87.2 Å². The van der Waals surface area contributed by atoms with Crippen molar-refractivity contribution in [1.29, 1.82) is 0 Å². The first-order valence-electron chi connectivity index (χ1n) is 11.3. The van der Waals surface area contributed by atoms with Gasteiger partial charge in [0.25, 0.3) is 5.91 Å². The van der Waals surface area contributed by atoms with Gasteiger partial charge in [-0.25, -0.2) is 4.98 Å². The molecule has 7 heteroatoms. The monoisotopic (exact) mass is 443 g/mol. The van der Waals surface area contributed by atoms with Crippen LogP contribution in [-0.2, 0) is 4.79 Å². The highest BCUT2D eigenvalue weighted by atomic mass is 16.2. The van der Waals surface area contributed by atoms with Crippen molar-refractivity contribution >= 4 is 28.4 Å². The number of piperidine rings is 1. The number of benzene rings is 1. The minimum atomic E-state index is -0.287. The van der Waals surface area contributed by atoms with E-state index in [-0.39, 0.29) is 11.8 Å². The number of rotatable bonds is 7. The van der Waals surface area contributed by atoms with Gasteiger partial charge in [-0.3, -0.25) is 14.6 Å². The van der Waals surface area contributed by atoms with Gasteiger partial charge in [-0.2, -0.15) is 0 Å². The summed E-state index contributed by atoms with van der Waals surface area (Å²) in [5.41, 5.74) is 3.32. The minimum Gasteiger partial charge on any atom is -0.351 e. The van der Waals surface area contributed by atoms with Crippen LogP contribution in [0.5, 0.6) is 0 Å². The molecule has 2 N–H and O–H groups in total. The van der Waals surface area contributed by atoms with Crippen LogP contribution >= 0.6 is 0 Å². The molecular weight excluding hydrogens is 414 g/mol. The summed E-state index contributed by atoms with van der Waals surface area (Å²) in [4.78, 5) is 35.8. The fraction of sp³-hybridized carbons (Fsp3) is 0.308. The van der Waals surface area contributed by atoms with E-state index in [1.165, 1.54) is 18.9 Å². The second-order valence-electron chi connectivity index (χ2n) is 8.48. The molecule has 1 aliphatic rings. The fourth-order valence-corrected chi connectivity index (χ4v) is 4.15. The number of likely N-dealkylation sites (tertiary alicyclic amines) is 1. The van der Waals surface area contributed by atoms with Gasteiger partial charge in [-0.05, 0) is 81.7 Å². The van der Waals surface area contributed by atoms with Crippen LogP contribution in [0.3, 0.4) is 0 Å². The molecule has 0 spiro atoms. The van der Waals surface area contributed by atoms with Crippen LogP contribution in [0.25, 0.3) is 22.2 Å². The Balaban J connectivity index is 1.47. The molecule has 1 aromatic carbocycles. The van der Waals surface area contributed by atoms with Crippen molar-refractivity contribution in [3.8, 4) is 11.3 Å². The molecule has 0 atom stereocenters. The lowest BCUT2D eigenvalue weighted by Crippen LogP contribution is -2.32. The molecule has 33 heavy (non-hydrogen) atoms. The number of fused-ring (bicyclic) bond motifs is 1. The average molecular weight is 444 g/mol. The van der Waals surface area contributed by atoms with Crippen molar-refractivity contribution in [2.24, 2.45) is 5.92 Å². The molecule has 1 aliphatic heterocycles. The highest BCUT2D eigenvalue weighted by Gasteiger charge is 2.17. The Morgan fingerprint density at radius 3 is 2.79 bits per heavy atom. The summed E-state index contributed by atoms with van der Waals surface area (Å²) in [5.74, 6) is 0.221. The molecular formula is C26H29N5O2. The van der Waals surface area contributed by atoms with E-state index in [1.54, 1.807) is 18.3 Å². The van der Waals surface area contributed by atoms with E-state index in [4.69, 9.17) is 0 Å². The lowest BCUT2D eigenvalue weighted by molar-refractivity contribution is -0.111. The van der Waals surface area contributed by atoms with Gasteiger partial charge in [-0.15, -0.1) is 0 Å². The number of nitrogens with one attached hydrogen (secondary N) is 2. The molecule has 0 saturated carbocycles. The molecule has 3 aromatic rings. The zero-order chi connectivity index (χ0) is 23.2. The van der Waals surface area contributed by atoms with Gasteiger partial charge >= 0.3 is 0 Å². The van der Waals surface area contributed by atoms with Crippen molar-refractivity contribution in [3.63, 3.8) is 0 Å². The van der Waals surface area contributed by atoms with Gasteiger partial charge in [0.15, 0.2) is 0 Å². The largest absolute Gasteiger partial charge is 0.351 e.